The second-order valence-corrected chi connectivity index (χ2v) is 8.52. The molecule has 0 saturated carbocycles. The third-order valence-corrected chi connectivity index (χ3v) is 5.64. The normalized spacial score (nSPS) is 19.3. The molecule has 0 amide bonds. The van der Waals surface area contributed by atoms with Gasteiger partial charge < -0.3 is 14.8 Å². The summed E-state index contributed by atoms with van der Waals surface area (Å²) >= 11 is 0. The van der Waals surface area contributed by atoms with Crippen LogP contribution in [0, 0.1) is 11.7 Å². The van der Waals surface area contributed by atoms with Crippen molar-refractivity contribution in [3.63, 3.8) is 0 Å². The van der Waals surface area contributed by atoms with Crippen LogP contribution in [0.4, 0.5) is 4.39 Å². The number of hydrogen-bond acceptors (Lipinski definition) is 3. The average molecular weight is 408 g/mol. The highest BCUT2D eigenvalue weighted by Crippen LogP contribution is 2.31. The summed E-state index contributed by atoms with van der Waals surface area (Å²) in [5, 5.41) is 5.72. The van der Waals surface area contributed by atoms with Crippen molar-refractivity contribution in [3.8, 4) is 5.75 Å². The lowest BCUT2D eigenvalue weighted by Crippen LogP contribution is -2.40. The highest BCUT2D eigenvalue weighted by atomic mass is 19.1. The summed E-state index contributed by atoms with van der Waals surface area (Å²) in [7, 11) is 0. The standard InChI is InChI=1S/C26H30FNO2/c1-18(2)16-29-25-14-19(13-21-5-3-4-6-23(21)25)17-30-26-15-28-12-11-24(26)20-7-9-22(27)10-8-20/h3-10,13-14,18,24,26,28H,11-12,15-17H2,1-2H3. The molecule has 0 aromatic heterocycles. The molecule has 30 heavy (non-hydrogen) atoms. The second kappa shape index (κ2) is 9.59. The topological polar surface area (TPSA) is 30.5 Å². The summed E-state index contributed by atoms with van der Waals surface area (Å²) in [4.78, 5) is 0. The van der Waals surface area contributed by atoms with E-state index in [2.05, 4.69) is 49.5 Å². The number of nitrogens with one attached hydrogen (secondary N) is 1. The summed E-state index contributed by atoms with van der Waals surface area (Å²) in [6.07, 6.45) is 1.03. The van der Waals surface area contributed by atoms with Gasteiger partial charge in [-0.25, -0.2) is 4.39 Å². The lowest BCUT2D eigenvalue weighted by Gasteiger charge is -2.32. The Morgan fingerprint density at radius 1 is 1.07 bits per heavy atom. The molecule has 1 fully saturated rings. The highest BCUT2D eigenvalue weighted by Gasteiger charge is 2.27. The zero-order chi connectivity index (χ0) is 20.9. The van der Waals surface area contributed by atoms with Crippen molar-refractivity contribution in [2.75, 3.05) is 19.7 Å². The lowest BCUT2D eigenvalue weighted by atomic mass is 9.88. The lowest BCUT2D eigenvalue weighted by molar-refractivity contribution is 0.0106. The summed E-state index contributed by atoms with van der Waals surface area (Å²) in [5.74, 6) is 1.45. The number of halogens is 1. The minimum Gasteiger partial charge on any atom is -0.493 e. The molecule has 0 radical (unpaired) electrons. The predicted molar refractivity (Wildman–Crippen MR) is 119 cm³/mol. The molecule has 1 heterocycles. The van der Waals surface area contributed by atoms with Gasteiger partial charge in [-0.2, -0.15) is 0 Å². The Balaban J connectivity index is 1.52. The number of benzene rings is 3. The molecule has 158 valence electrons. The molecular formula is C26H30FNO2. The second-order valence-electron chi connectivity index (χ2n) is 8.52. The van der Waals surface area contributed by atoms with Gasteiger partial charge in [0.1, 0.15) is 11.6 Å². The molecule has 1 aliphatic heterocycles. The van der Waals surface area contributed by atoms with Crippen LogP contribution in [0.15, 0.2) is 60.7 Å². The number of ether oxygens (including phenoxy) is 2. The number of piperidine rings is 1. The molecule has 1 N–H and O–H groups in total. The maximum Gasteiger partial charge on any atom is 0.127 e. The summed E-state index contributed by atoms with van der Waals surface area (Å²) in [6.45, 7) is 7.26. The minimum atomic E-state index is -0.199. The van der Waals surface area contributed by atoms with Crippen LogP contribution in [-0.4, -0.2) is 25.8 Å². The molecular weight excluding hydrogens is 377 g/mol. The SMILES string of the molecule is CC(C)COc1cc(COC2CNCCC2c2ccc(F)cc2)cc2ccccc12. The van der Waals surface area contributed by atoms with Gasteiger partial charge in [0.2, 0.25) is 0 Å². The van der Waals surface area contributed by atoms with Crippen molar-refractivity contribution in [2.24, 2.45) is 5.92 Å². The number of rotatable bonds is 7. The van der Waals surface area contributed by atoms with Gasteiger partial charge >= 0.3 is 0 Å². The molecule has 2 atom stereocenters. The predicted octanol–water partition coefficient (Wildman–Crippen LogP) is 5.68. The van der Waals surface area contributed by atoms with E-state index in [1.807, 2.05) is 18.2 Å². The van der Waals surface area contributed by atoms with Crippen LogP contribution in [0.5, 0.6) is 5.75 Å². The molecule has 3 aromatic rings. The van der Waals surface area contributed by atoms with E-state index in [0.717, 1.165) is 47.2 Å². The van der Waals surface area contributed by atoms with Gasteiger partial charge in [0, 0.05) is 17.8 Å². The van der Waals surface area contributed by atoms with Crippen LogP contribution in [0.25, 0.3) is 10.8 Å². The van der Waals surface area contributed by atoms with Crippen molar-refractivity contribution < 1.29 is 13.9 Å². The van der Waals surface area contributed by atoms with Crippen molar-refractivity contribution in [3.05, 3.63) is 77.6 Å². The van der Waals surface area contributed by atoms with Crippen molar-refractivity contribution in [2.45, 2.75) is 38.9 Å². The van der Waals surface area contributed by atoms with Gasteiger partial charge in [-0.3, -0.25) is 0 Å². The minimum absolute atomic E-state index is 0.0516. The van der Waals surface area contributed by atoms with E-state index in [1.54, 1.807) is 0 Å². The first-order valence-corrected chi connectivity index (χ1v) is 10.8. The van der Waals surface area contributed by atoms with Crippen LogP contribution < -0.4 is 10.1 Å². The fraction of sp³-hybridized carbons (Fsp3) is 0.385. The highest BCUT2D eigenvalue weighted by molar-refractivity contribution is 5.89. The Labute approximate surface area is 178 Å². The maximum absolute atomic E-state index is 13.3. The monoisotopic (exact) mass is 407 g/mol. The van der Waals surface area contributed by atoms with E-state index in [0.29, 0.717) is 19.1 Å². The van der Waals surface area contributed by atoms with Gasteiger partial charge in [0.05, 0.1) is 19.3 Å². The van der Waals surface area contributed by atoms with E-state index in [9.17, 15) is 4.39 Å². The van der Waals surface area contributed by atoms with Crippen LogP contribution in [0.1, 0.15) is 37.3 Å². The molecule has 0 aliphatic carbocycles. The van der Waals surface area contributed by atoms with Gasteiger partial charge in [-0.1, -0.05) is 50.2 Å². The van der Waals surface area contributed by atoms with Crippen molar-refractivity contribution in [1.82, 2.24) is 5.32 Å². The number of fused-ring (bicyclic) bond motifs is 1. The molecule has 1 saturated heterocycles. The third-order valence-electron chi connectivity index (χ3n) is 5.64. The van der Waals surface area contributed by atoms with Crippen LogP contribution in [0.3, 0.4) is 0 Å². The largest absolute Gasteiger partial charge is 0.493 e. The summed E-state index contributed by atoms with van der Waals surface area (Å²) < 4.78 is 25.8. The van der Waals surface area contributed by atoms with E-state index >= 15 is 0 Å². The van der Waals surface area contributed by atoms with Crippen molar-refractivity contribution in [1.29, 1.82) is 0 Å². The van der Waals surface area contributed by atoms with Gasteiger partial charge in [-0.05, 0) is 59.7 Å². The molecule has 0 spiro atoms. The quantitative estimate of drug-likeness (QED) is 0.547. The summed E-state index contributed by atoms with van der Waals surface area (Å²) in [5.41, 5.74) is 2.25. The molecule has 4 rings (SSSR count). The van der Waals surface area contributed by atoms with E-state index < -0.39 is 0 Å². The Morgan fingerprint density at radius 2 is 1.87 bits per heavy atom. The van der Waals surface area contributed by atoms with Gasteiger partial charge in [0.25, 0.3) is 0 Å². The Hall–Kier alpha value is -2.43. The fourth-order valence-electron chi connectivity index (χ4n) is 4.09. The van der Waals surface area contributed by atoms with Gasteiger partial charge in [0.15, 0.2) is 0 Å². The fourth-order valence-corrected chi connectivity index (χ4v) is 4.09. The van der Waals surface area contributed by atoms with E-state index in [-0.39, 0.29) is 17.8 Å². The Kier molecular flexibility index (Phi) is 6.66. The zero-order valence-electron chi connectivity index (χ0n) is 17.7. The van der Waals surface area contributed by atoms with E-state index in [4.69, 9.17) is 9.47 Å². The third kappa shape index (κ3) is 5.00. The first-order valence-electron chi connectivity index (χ1n) is 10.8. The van der Waals surface area contributed by atoms with Crippen LogP contribution in [0.2, 0.25) is 0 Å². The average Bonchev–Trinajstić information content (AvgIpc) is 2.77. The zero-order valence-corrected chi connectivity index (χ0v) is 17.7. The van der Waals surface area contributed by atoms with Crippen molar-refractivity contribution >= 4 is 10.8 Å². The maximum atomic E-state index is 13.3. The molecule has 0 bridgehead atoms. The Morgan fingerprint density at radius 3 is 2.67 bits per heavy atom. The summed E-state index contributed by atoms with van der Waals surface area (Å²) in [6, 6.07) is 19.4. The number of hydrogen-bond donors (Lipinski definition) is 1. The molecule has 3 nitrogen and oxygen atoms in total. The first kappa shape index (κ1) is 20.8. The Bertz CT molecular complexity index is 970. The molecule has 1 aliphatic rings. The van der Waals surface area contributed by atoms with Gasteiger partial charge in [-0.15, -0.1) is 0 Å². The molecule has 2 unspecified atom stereocenters. The van der Waals surface area contributed by atoms with Crippen LogP contribution >= 0.6 is 0 Å². The smallest absolute Gasteiger partial charge is 0.127 e. The first-order chi connectivity index (χ1) is 14.6. The van der Waals surface area contributed by atoms with Crippen LogP contribution in [-0.2, 0) is 11.3 Å². The molecule has 4 heteroatoms. The van der Waals surface area contributed by atoms with E-state index in [1.165, 1.54) is 12.1 Å². The molecule has 3 aromatic carbocycles.